The highest BCUT2D eigenvalue weighted by molar-refractivity contribution is 7.89. The van der Waals surface area contributed by atoms with E-state index in [2.05, 4.69) is 4.72 Å². The third-order valence-corrected chi connectivity index (χ3v) is 4.50. The summed E-state index contributed by atoms with van der Waals surface area (Å²) in [6.07, 6.45) is 0.639. The van der Waals surface area contributed by atoms with Crippen LogP contribution < -0.4 is 4.72 Å². The van der Waals surface area contributed by atoms with E-state index in [1.165, 1.54) is 0 Å². The van der Waals surface area contributed by atoms with Crippen molar-refractivity contribution in [2.24, 2.45) is 0 Å². The minimum atomic E-state index is -3.23. The van der Waals surface area contributed by atoms with Crippen LogP contribution in [0.4, 0.5) is 0 Å². The smallest absolute Gasteiger partial charge is 0.212 e. The number of hydrogen-bond acceptors (Lipinski definition) is 2. The lowest BCUT2D eigenvalue weighted by molar-refractivity contribution is 0.573. The van der Waals surface area contributed by atoms with E-state index in [0.29, 0.717) is 13.0 Å². The first-order valence-electron chi connectivity index (χ1n) is 6.07. The third kappa shape index (κ3) is 5.85. The van der Waals surface area contributed by atoms with Crippen LogP contribution >= 0.6 is 11.6 Å². The zero-order valence-corrected chi connectivity index (χ0v) is 12.3. The molecule has 1 rings (SSSR count). The summed E-state index contributed by atoms with van der Waals surface area (Å²) in [5.74, 6) is 0.0883. The first kappa shape index (κ1) is 15.5. The number of sulfonamides is 1. The topological polar surface area (TPSA) is 46.2 Å². The van der Waals surface area contributed by atoms with E-state index in [4.69, 9.17) is 11.6 Å². The monoisotopic (exact) mass is 289 g/mol. The molecule has 3 nitrogen and oxygen atoms in total. The Morgan fingerprint density at radius 2 is 1.83 bits per heavy atom. The van der Waals surface area contributed by atoms with E-state index in [0.717, 1.165) is 5.56 Å². The molecule has 0 radical (unpaired) electrons. The van der Waals surface area contributed by atoms with Crippen molar-refractivity contribution in [3.8, 4) is 0 Å². The summed E-state index contributed by atoms with van der Waals surface area (Å²) < 4.78 is 26.3. The van der Waals surface area contributed by atoms with Gasteiger partial charge < -0.3 is 0 Å². The second-order valence-corrected chi connectivity index (χ2v) is 7.15. The van der Waals surface area contributed by atoms with Crippen LogP contribution in [0.3, 0.4) is 0 Å². The molecule has 1 aromatic carbocycles. The Morgan fingerprint density at radius 3 is 2.39 bits per heavy atom. The van der Waals surface area contributed by atoms with Crippen LogP contribution in [0.25, 0.3) is 0 Å². The van der Waals surface area contributed by atoms with Gasteiger partial charge in [-0.3, -0.25) is 0 Å². The normalized spacial score (nSPS) is 15.3. The molecule has 5 heteroatoms. The van der Waals surface area contributed by atoms with E-state index in [-0.39, 0.29) is 17.0 Å². The maximum absolute atomic E-state index is 11.8. The zero-order chi connectivity index (χ0) is 13.6. The molecule has 0 aliphatic heterocycles. The van der Waals surface area contributed by atoms with Gasteiger partial charge in [0.25, 0.3) is 0 Å². The molecule has 0 bridgehead atoms. The quantitative estimate of drug-likeness (QED) is 0.785. The molecule has 0 saturated carbocycles. The van der Waals surface area contributed by atoms with E-state index < -0.39 is 10.0 Å². The van der Waals surface area contributed by atoms with Gasteiger partial charge in [0.2, 0.25) is 10.0 Å². The molecule has 0 heterocycles. The Bertz CT molecular complexity index is 445. The highest BCUT2D eigenvalue weighted by atomic mass is 35.5. The second kappa shape index (κ2) is 7.12. The molecule has 1 N–H and O–H groups in total. The Kier molecular flexibility index (Phi) is 6.12. The molecule has 0 saturated heterocycles. The summed E-state index contributed by atoms with van der Waals surface area (Å²) in [5, 5.41) is -0.0146. The Hall–Kier alpha value is -0.580. The fraction of sp³-hybridized carbons (Fsp3) is 0.538. The van der Waals surface area contributed by atoms with Gasteiger partial charge in [-0.05, 0) is 24.8 Å². The Labute approximate surface area is 115 Å². The van der Waals surface area contributed by atoms with Crippen molar-refractivity contribution in [3.05, 3.63) is 35.9 Å². The summed E-state index contributed by atoms with van der Waals surface area (Å²) in [5.41, 5.74) is 1.04. The van der Waals surface area contributed by atoms with Crippen molar-refractivity contribution in [2.45, 2.75) is 31.6 Å². The standard InChI is InChI=1S/C13H20ClNO2S/c1-11(13-6-4-3-5-7-13)10-18(16,17)15-9-8-12(2)14/h3-7,11-12,15H,8-10H2,1-2H3. The van der Waals surface area contributed by atoms with Crippen LogP contribution in [-0.4, -0.2) is 26.1 Å². The van der Waals surface area contributed by atoms with Gasteiger partial charge in [-0.25, -0.2) is 13.1 Å². The zero-order valence-electron chi connectivity index (χ0n) is 10.8. The summed E-state index contributed by atoms with van der Waals surface area (Å²) >= 11 is 5.77. The summed E-state index contributed by atoms with van der Waals surface area (Å²) in [6.45, 7) is 4.16. The van der Waals surface area contributed by atoms with Crippen molar-refractivity contribution in [3.63, 3.8) is 0 Å². The lowest BCUT2D eigenvalue weighted by atomic mass is 10.0. The minimum Gasteiger partial charge on any atom is -0.215 e. The highest BCUT2D eigenvalue weighted by Gasteiger charge is 2.16. The summed E-state index contributed by atoms with van der Waals surface area (Å²) in [4.78, 5) is 0. The molecule has 0 spiro atoms. The van der Waals surface area contributed by atoms with Crippen LogP contribution in [0.1, 0.15) is 31.7 Å². The molecule has 0 aromatic heterocycles. The number of halogens is 1. The van der Waals surface area contributed by atoms with Crippen LogP contribution in [-0.2, 0) is 10.0 Å². The molecular weight excluding hydrogens is 270 g/mol. The summed E-state index contributed by atoms with van der Waals surface area (Å²) in [7, 11) is -3.23. The Balaban J connectivity index is 2.50. The molecular formula is C13H20ClNO2S. The average Bonchev–Trinajstić information content (AvgIpc) is 2.28. The van der Waals surface area contributed by atoms with Gasteiger partial charge in [-0.1, -0.05) is 37.3 Å². The van der Waals surface area contributed by atoms with Crippen LogP contribution in [0.15, 0.2) is 30.3 Å². The fourth-order valence-electron chi connectivity index (χ4n) is 1.68. The van der Waals surface area contributed by atoms with E-state index in [9.17, 15) is 8.42 Å². The number of rotatable bonds is 7. The summed E-state index contributed by atoms with van der Waals surface area (Å²) in [6, 6.07) is 9.65. The van der Waals surface area contributed by atoms with Gasteiger partial charge in [0.1, 0.15) is 0 Å². The predicted octanol–water partition coefficient (Wildman–Crippen LogP) is 2.73. The Morgan fingerprint density at radius 1 is 1.22 bits per heavy atom. The van der Waals surface area contributed by atoms with Crippen molar-refractivity contribution in [1.29, 1.82) is 0 Å². The largest absolute Gasteiger partial charge is 0.215 e. The lowest BCUT2D eigenvalue weighted by Gasteiger charge is -2.13. The van der Waals surface area contributed by atoms with Crippen molar-refractivity contribution in [1.82, 2.24) is 4.72 Å². The number of alkyl halides is 1. The number of benzene rings is 1. The molecule has 0 aliphatic rings. The number of hydrogen-bond donors (Lipinski definition) is 1. The molecule has 0 fully saturated rings. The van der Waals surface area contributed by atoms with Gasteiger partial charge >= 0.3 is 0 Å². The SMILES string of the molecule is CC(Cl)CCNS(=O)(=O)CC(C)c1ccccc1. The molecule has 1 aromatic rings. The van der Waals surface area contributed by atoms with Gasteiger partial charge in [0.15, 0.2) is 0 Å². The van der Waals surface area contributed by atoms with E-state index >= 15 is 0 Å². The second-order valence-electron chi connectivity index (χ2n) is 4.56. The van der Waals surface area contributed by atoms with Gasteiger partial charge in [-0.15, -0.1) is 11.6 Å². The first-order valence-corrected chi connectivity index (χ1v) is 8.16. The maximum atomic E-state index is 11.8. The van der Waals surface area contributed by atoms with Crippen LogP contribution in [0.5, 0.6) is 0 Å². The first-order chi connectivity index (χ1) is 8.41. The molecule has 0 aliphatic carbocycles. The van der Waals surface area contributed by atoms with Crippen LogP contribution in [0, 0.1) is 0 Å². The fourth-order valence-corrected chi connectivity index (χ4v) is 3.19. The molecule has 0 amide bonds. The van der Waals surface area contributed by atoms with Crippen molar-refractivity contribution in [2.75, 3.05) is 12.3 Å². The average molecular weight is 290 g/mol. The van der Waals surface area contributed by atoms with Crippen molar-refractivity contribution >= 4 is 21.6 Å². The molecule has 18 heavy (non-hydrogen) atoms. The minimum absolute atomic E-state index is 0.0146. The van der Waals surface area contributed by atoms with Gasteiger partial charge in [0, 0.05) is 11.9 Å². The van der Waals surface area contributed by atoms with Crippen LogP contribution in [0.2, 0.25) is 0 Å². The molecule has 2 unspecified atom stereocenters. The lowest BCUT2D eigenvalue weighted by Crippen LogP contribution is -2.30. The predicted molar refractivity (Wildman–Crippen MR) is 76.6 cm³/mol. The number of nitrogens with one attached hydrogen (secondary N) is 1. The molecule has 102 valence electrons. The van der Waals surface area contributed by atoms with E-state index in [1.807, 2.05) is 44.2 Å². The maximum Gasteiger partial charge on any atom is 0.212 e. The molecule has 2 atom stereocenters. The van der Waals surface area contributed by atoms with Gasteiger partial charge in [-0.2, -0.15) is 0 Å². The highest BCUT2D eigenvalue weighted by Crippen LogP contribution is 2.16. The van der Waals surface area contributed by atoms with Gasteiger partial charge in [0.05, 0.1) is 5.75 Å². The van der Waals surface area contributed by atoms with E-state index in [1.54, 1.807) is 0 Å². The van der Waals surface area contributed by atoms with Crippen molar-refractivity contribution < 1.29 is 8.42 Å². The third-order valence-electron chi connectivity index (χ3n) is 2.70.